The van der Waals surface area contributed by atoms with Crippen LogP contribution in [-0.4, -0.2) is 47.1 Å². The lowest BCUT2D eigenvalue weighted by molar-refractivity contribution is 0.0110. The molecule has 1 aromatic rings. The molecule has 146 valence electrons. The van der Waals surface area contributed by atoms with Crippen LogP contribution in [0.5, 0.6) is 0 Å². The number of rotatable bonds is 7. The van der Waals surface area contributed by atoms with Crippen molar-refractivity contribution >= 4 is 12.1 Å². The molecule has 7 nitrogen and oxygen atoms in total. The molecule has 1 rings (SSSR count). The number of aliphatic hydroxyl groups is 2. The van der Waals surface area contributed by atoms with Crippen LogP contribution < -0.4 is 5.32 Å². The summed E-state index contributed by atoms with van der Waals surface area (Å²) in [4.78, 5) is 23.5. The van der Waals surface area contributed by atoms with E-state index in [9.17, 15) is 24.2 Å². The van der Waals surface area contributed by atoms with Crippen molar-refractivity contribution in [3.63, 3.8) is 0 Å². The normalized spacial score (nSPS) is 13.7. The third-order valence-corrected chi connectivity index (χ3v) is 3.30. The molecule has 1 amide bonds. The molecule has 2 atom stereocenters. The van der Waals surface area contributed by atoms with E-state index in [-0.39, 0.29) is 30.7 Å². The van der Waals surface area contributed by atoms with Crippen LogP contribution in [-0.2, 0) is 9.47 Å². The standard InChI is InChI=1S/C18H26FNO6/c1-5-25-16(23)12-7-6-11(19)10-13(12)15(22)14(21)8-9-20-17(24)26-18(2,3)4/h6-7,10,14-15,21-22H,5,8-9H2,1-4H3,(H,20,24). The molecule has 1 aromatic carbocycles. The zero-order valence-corrected chi connectivity index (χ0v) is 15.4. The predicted molar refractivity (Wildman–Crippen MR) is 92.2 cm³/mol. The Morgan fingerprint density at radius 2 is 1.92 bits per heavy atom. The minimum atomic E-state index is -1.52. The molecular formula is C18H26FNO6. The molecule has 0 radical (unpaired) electrons. The molecule has 26 heavy (non-hydrogen) atoms. The van der Waals surface area contributed by atoms with Gasteiger partial charge in [0.1, 0.15) is 17.5 Å². The van der Waals surface area contributed by atoms with Crippen LogP contribution >= 0.6 is 0 Å². The maximum Gasteiger partial charge on any atom is 0.407 e. The van der Waals surface area contributed by atoms with Crippen LogP contribution in [0, 0.1) is 5.82 Å². The van der Waals surface area contributed by atoms with Crippen molar-refractivity contribution in [2.24, 2.45) is 0 Å². The van der Waals surface area contributed by atoms with Gasteiger partial charge in [0.05, 0.1) is 18.3 Å². The number of nitrogens with one attached hydrogen (secondary N) is 1. The third kappa shape index (κ3) is 6.97. The number of hydrogen-bond donors (Lipinski definition) is 3. The van der Waals surface area contributed by atoms with Gasteiger partial charge < -0.3 is 25.0 Å². The number of halogens is 1. The zero-order valence-electron chi connectivity index (χ0n) is 15.4. The molecule has 0 spiro atoms. The van der Waals surface area contributed by atoms with Gasteiger partial charge in [0.25, 0.3) is 0 Å². The Labute approximate surface area is 152 Å². The first-order valence-electron chi connectivity index (χ1n) is 8.34. The van der Waals surface area contributed by atoms with Gasteiger partial charge in [0.2, 0.25) is 0 Å². The Morgan fingerprint density at radius 3 is 2.50 bits per heavy atom. The summed E-state index contributed by atoms with van der Waals surface area (Å²) in [6.45, 7) is 6.91. The van der Waals surface area contributed by atoms with E-state index in [2.05, 4.69) is 5.32 Å². The van der Waals surface area contributed by atoms with E-state index < -0.39 is 35.7 Å². The van der Waals surface area contributed by atoms with E-state index in [0.717, 1.165) is 12.1 Å². The summed E-state index contributed by atoms with van der Waals surface area (Å²) in [5, 5.41) is 22.9. The summed E-state index contributed by atoms with van der Waals surface area (Å²) in [5.74, 6) is -1.38. The minimum absolute atomic E-state index is 0.0250. The van der Waals surface area contributed by atoms with Crippen molar-refractivity contribution in [2.75, 3.05) is 13.2 Å². The number of amides is 1. The first kappa shape index (κ1) is 21.9. The van der Waals surface area contributed by atoms with Crippen molar-refractivity contribution in [1.82, 2.24) is 5.32 Å². The van der Waals surface area contributed by atoms with Crippen LogP contribution in [0.3, 0.4) is 0 Å². The molecular weight excluding hydrogens is 345 g/mol. The number of esters is 1. The molecule has 0 aliphatic rings. The van der Waals surface area contributed by atoms with Gasteiger partial charge in [-0.25, -0.2) is 14.0 Å². The number of carbonyl (C=O) groups is 2. The number of aliphatic hydroxyl groups excluding tert-OH is 2. The largest absolute Gasteiger partial charge is 0.462 e. The highest BCUT2D eigenvalue weighted by atomic mass is 19.1. The first-order chi connectivity index (χ1) is 12.0. The van der Waals surface area contributed by atoms with Gasteiger partial charge in [-0.3, -0.25) is 0 Å². The molecule has 0 aliphatic carbocycles. The van der Waals surface area contributed by atoms with E-state index in [1.165, 1.54) is 6.07 Å². The Bertz CT molecular complexity index is 629. The van der Waals surface area contributed by atoms with Crippen LogP contribution in [0.1, 0.15) is 56.1 Å². The predicted octanol–water partition coefficient (Wildman–Crippen LogP) is 2.31. The highest BCUT2D eigenvalue weighted by Crippen LogP contribution is 2.24. The van der Waals surface area contributed by atoms with Crippen molar-refractivity contribution < 1.29 is 33.7 Å². The molecule has 0 saturated heterocycles. The molecule has 8 heteroatoms. The van der Waals surface area contributed by atoms with E-state index in [4.69, 9.17) is 9.47 Å². The van der Waals surface area contributed by atoms with Gasteiger partial charge in [-0.15, -0.1) is 0 Å². The quantitative estimate of drug-likeness (QED) is 0.635. The lowest BCUT2D eigenvalue weighted by Crippen LogP contribution is -2.34. The second-order valence-electron chi connectivity index (χ2n) is 6.68. The molecule has 3 N–H and O–H groups in total. The Hall–Kier alpha value is -2.19. The number of alkyl carbamates (subject to hydrolysis) is 1. The monoisotopic (exact) mass is 371 g/mol. The van der Waals surface area contributed by atoms with Gasteiger partial charge in [0.15, 0.2) is 0 Å². The molecule has 0 aromatic heterocycles. The second-order valence-corrected chi connectivity index (χ2v) is 6.68. The van der Waals surface area contributed by atoms with Crippen LogP contribution in [0.15, 0.2) is 18.2 Å². The maximum atomic E-state index is 13.5. The lowest BCUT2D eigenvalue weighted by atomic mass is 9.97. The smallest absolute Gasteiger partial charge is 0.407 e. The average molecular weight is 371 g/mol. The summed E-state index contributed by atoms with van der Waals surface area (Å²) in [7, 11) is 0. The van der Waals surface area contributed by atoms with Crippen molar-refractivity contribution in [3.8, 4) is 0 Å². The molecule has 0 bridgehead atoms. The van der Waals surface area contributed by atoms with E-state index >= 15 is 0 Å². The fraction of sp³-hybridized carbons (Fsp3) is 0.556. The fourth-order valence-electron chi connectivity index (χ4n) is 2.17. The number of hydrogen-bond acceptors (Lipinski definition) is 6. The van der Waals surface area contributed by atoms with Gasteiger partial charge in [-0.2, -0.15) is 0 Å². The maximum absolute atomic E-state index is 13.5. The second kappa shape index (κ2) is 9.49. The van der Waals surface area contributed by atoms with Crippen LogP contribution in [0.4, 0.5) is 9.18 Å². The molecule has 0 heterocycles. The van der Waals surface area contributed by atoms with E-state index in [1.54, 1.807) is 27.7 Å². The number of benzene rings is 1. The molecule has 0 aliphatic heterocycles. The highest BCUT2D eigenvalue weighted by Gasteiger charge is 2.25. The first-order valence-corrected chi connectivity index (χ1v) is 8.34. The zero-order chi connectivity index (χ0) is 19.9. The fourth-order valence-corrected chi connectivity index (χ4v) is 2.17. The van der Waals surface area contributed by atoms with Gasteiger partial charge in [0, 0.05) is 12.1 Å². The third-order valence-electron chi connectivity index (χ3n) is 3.30. The summed E-state index contributed by atoms with van der Waals surface area (Å²) < 4.78 is 23.4. The molecule has 2 unspecified atom stereocenters. The van der Waals surface area contributed by atoms with Gasteiger partial charge in [-0.1, -0.05) is 0 Å². The summed E-state index contributed by atoms with van der Waals surface area (Å²) in [6.07, 6.45) is -3.54. The Kier molecular flexibility index (Phi) is 7.98. The van der Waals surface area contributed by atoms with Crippen molar-refractivity contribution in [1.29, 1.82) is 0 Å². The van der Waals surface area contributed by atoms with E-state index in [1.807, 2.05) is 0 Å². The van der Waals surface area contributed by atoms with Crippen LogP contribution in [0.25, 0.3) is 0 Å². The van der Waals surface area contributed by atoms with E-state index in [0.29, 0.717) is 0 Å². The summed E-state index contributed by atoms with van der Waals surface area (Å²) >= 11 is 0. The van der Waals surface area contributed by atoms with Gasteiger partial charge >= 0.3 is 12.1 Å². The van der Waals surface area contributed by atoms with Crippen LogP contribution in [0.2, 0.25) is 0 Å². The molecule has 0 saturated carbocycles. The van der Waals surface area contributed by atoms with Crippen molar-refractivity contribution in [2.45, 2.75) is 51.9 Å². The summed E-state index contributed by atoms with van der Waals surface area (Å²) in [5.41, 5.74) is -0.758. The van der Waals surface area contributed by atoms with Gasteiger partial charge in [-0.05, 0) is 52.3 Å². The topological polar surface area (TPSA) is 105 Å². The average Bonchev–Trinajstić information content (AvgIpc) is 2.52. The summed E-state index contributed by atoms with van der Waals surface area (Å²) in [6, 6.07) is 3.23. The minimum Gasteiger partial charge on any atom is -0.462 e. The Morgan fingerprint density at radius 1 is 1.27 bits per heavy atom. The molecule has 0 fully saturated rings. The number of carbonyl (C=O) groups excluding carboxylic acids is 2. The van der Waals surface area contributed by atoms with Crippen molar-refractivity contribution in [3.05, 3.63) is 35.1 Å². The SMILES string of the molecule is CCOC(=O)c1ccc(F)cc1C(O)C(O)CCNC(=O)OC(C)(C)C. The lowest BCUT2D eigenvalue weighted by Gasteiger charge is -2.22. The number of ether oxygens (including phenoxy) is 2. The highest BCUT2D eigenvalue weighted by molar-refractivity contribution is 5.91. The Balaban J connectivity index is 2.73.